The minimum Gasteiger partial charge on any atom is -0.493 e. The average molecular weight is 1050 g/mol. The number of benzene rings is 4. The van der Waals surface area contributed by atoms with Crippen molar-refractivity contribution in [3.8, 4) is 34.5 Å². The second-order valence-electron chi connectivity index (χ2n) is 22.6. The van der Waals surface area contributed by atoms with E-state index < -0.39 is 21.7 Å². The molecule has 0 unspecified atom stereocenters. The molecule has 0 radical (unpaired) electrons. The molecule has 0 atom stereocenters. The molecule has 12 nitrogen and oxygen atoms in total. The number of esters is 4. The number of allylic oxidation sites excluding steroid dienone is 2. The first-order valence-corrected chi connectivity index (χ1v) is 26.6. The molecule has 0 bridgehead atoms. The van der Waals surface area contributed by atoms with Gasteiger partial charge in [0.15, 0.2) is 11.6 Å². The largest absolute Gasteiger partial charge is 0.493 e. The van der Waals surface area contributed by atoms with Crippen LogP contribution in [-0.4, -0.2) is 48.7 Å². The Balaban J connectivity index is 0.000000401. The van der Waals surface area contributed by atoms with Gasteiger partial charge in [0.25, 0.3) is 0 Å². The van der Waals surface area contributed by atoms with Crippen LogP contribution < -0.4 is 28.4 Å². The molecule has 0 fully saturated rings. The Hall–Kier alpha value is -6.82. The summed E-state index contributed by atoms with van der Waals surface area (Å²) >= 11 is 0. The first-order chi connectivity index (χ1) is 35.4. The molecule has 0 saturated carbocycles. The third-order valence-corrected chi connectivity index (χ3v) is 11.6. The van der Waals surface area contributed by atoms with Gasteiger partial charge in [0.05, 0.1) is 34.9 Å². The molecular formula is C64H84O12. The predicted molar refractivity (Wildman–Crippen MR) is 302 cm³/mol. The first kappa shape index (κ1) is 63.5. The Morgan fingerprint density at radius 2 is 0.750 bits per heavy atom. The van der Waals surface area contributed by atoms with E-state index >= 15 is 0 Å². The van der Waals surface area contributed by atoms with Gasteiger partial charge in [-0.15, -0.1) is 0 Å². The van der Waals surface area contributed by atoms with Crippen LogP contribution in [-0.2, 0) is 44.9 Å². The quantitative estimate of drug-likeness (QED) is 0.0358. The van der Waals surface area contributed by atoms with Crippen LogP contribution in [0.2, 0.25) is 0 Å². The fourth-order valence-corrected chi connectivity index (χ4v) is 7.14. The van der Waals surface area contributed by atoms with Gasteiger partial charge in [0.1, 0.15) is 34.5 Å². The van der Waals surface area contributed by atoms with E-state index in [1.165, 1.54) is 12.2 Å². The second-order valence-corrected chi connectivity index (χ2v) is 22.6. The lowest BCUT2D eigenvalue weighted by Crippen LogP contribution is -2.26. The maximum Gasteiger partial charge on any atom is 0.316 e. The molecule has 4 rings (SSSR count). The SMILES string of the molecule is CCCc1cc(C=CC(=O)c2ccc(OC(=O)C(C)(C)C)cc2)c(OCC)c(CCC)c1OC(=O)C(C)(C)C.CCOc1c(C=CC(=O)c2ccc(OC(=O)C(C)(C)C)cc2)cc(CC)c(OC(=O)C(C)(C)C)c1CC. The lowest BCUT2D eigenvalue weighted by Gasteiger charge is -2.23. The van der Waals surface area contributed by atoms with Crippen molar-refractivity contribution in [3.63, 3.8) is 0 Å². The van der Waals surface area contributed by atoms with Crippen LogP contribution in [0, 0.1) is 21.7 Å². The molecule has 0 heterocycles. The summed E-state index contributed by atoms with van der Waals surface area (Å²) in [5.74, 6) is 1.45. The number of rotatable bonds is 20. The number of aryl methyl sites for hydroxylation is 2. The monoisotopic (exact) mass is 1040 g/mol. The molecule has 0 aliphatic heterocycles. The van der Waals surface area contributed by atoms with Crippen LogP contribution in [0.4, 0.5) is 0 Å². The van der Waals surface area contributed by atoms with Crippen LogP contribution in [0.5, 0.6) is 34.5 Å². The smallest absolute Gasteiger partial charge is 0.316 e. The van der Waals surface area contributed by atoms with Crippen molar-refractivity contribution < 1.29 is 57.2 Å². The summed E-state index contributed by atoms with van der Waals surface area (Å²) in [5, 5.41) is 0. The second kappa shape index (κ2) is 27.8. The van der Waals surface area contributed by atoms with Crippen LogP contribution in [0.15, 0.2) is 72.8 Å². The summed E-state index contributed by atoms with van der Waals surface area (Å²) in [6.07, 6.45) is 10.8. The number of ketones is 2. The topological polar surface area (TPSA) is 158 Å². The van der Waals surface area contributed by atoms with Crippen molar-refractivity contribution in [2.75, 3.05) is 13.2 Å². The van der Waals surface area contributed by atoms with Crippen molar-refractivity contribution in [1.29, 1.82) is 0 Å². The highest BCUT2D eigenvalue weighted by atomic mass is 16.6. The summed E-state index contributed by atoms with van der Waals surface area (Å²) in [6.45, 7) is 34.4. The van der Waals surface area contributed by atoms with E-state index in [2.05, 4.69) is 13.8 Å². The Morgan fingerprint density at radius 1 is 0.408 bits per heavy atom. The van der Waals surface area contributed by atoms with Gasteiger partial charge in [-0.2, -0.15) is 0 Å². The summed E-state index contributed by atoms with van der Waals surface area (Å²) < 4.78 is 34.7. The minimum absolute atomic E-state index is 0.191. The van der Waals surface area contributed by atoms with E-state index in [-0.39, 0.29) is 35.4 Å². The average Bonchev–Trinajstić information content (AvgIpc) is 3.34. The van der Waals surface area contributed by atoms with E-state index in [9.17, 15) is 28.8 Å². The van der Waals surface area contributed by atoms with Crippen molar-refractivity contribution in [1.82, 2.24) is 0 Å². The molecule has 12 heteroatoms. The molecule has 0 aliphatic rings. The molecular weight excluding hydrogens is 961 g/mol. The van der Waals surface area contributed by atoms with Gasteiger partial charge >= 0.3 is 23.9 Å². The van der Waals surface area contributed by atoms with E-state index in [1.54, 1.807) is 102 Å². The van der Waals surface area contributed by atoms with Gasteiger partial charge in [-0.3, -0.25) is 28.8 Å². The standard InChI is InChI=1S/C33H44O6.C31H40O6/c1-10-13-23-21-24(28(37-12-3)26(14-11-2)29(23)39-31(36)33(7,8)9)17-20-27(34)22-15-18-25(19-16-22)38-30(35)32(4,5)6;1-10-20-19-22(26(35-12-3)24(11-2)27(20)37-29(34)31(7,8)9)15-18-25(32)21-13-16-23(17-14-21)36-28(33)30(4,5)6/h15-21H,10-14H2,1-9H3;13-19H,10-12H2,1-9H3. The maximum absolute atomic E-state index is 13.0. The molecule has 4 aromatic rings. The van der Waals surface area contributed by atoms with Gasteiger partial charge in [0.2, 0.25) is 0 Å². The van der Waals surface area contributed by atoms with Crippen molar-refractivity contribution in [2.24, 2.45) is 21.7 Å². The first-order valence-electron chi connectivity index (χ1n) is 26.6. The molecule has 0 amide bonds. The Bertz CT molecular complexity index is 2730. The van der Waals surface area contributed by atoms with Gasteiger partial charge in [-0.25, -0.2) is 0 Å². The molecule has 0 N–H and O–H groups in total. The minimum atomic E-state index is -0.648. The zero-order valence-electron chi connectivity index (χ0n) is 48.6. The third-order valence-electron chi connectivity index (χ3n) is 11.6. The van der Waals surface area contributed by atoms with E-state index in [0.29, 0.717) is 78.1 Å². The Morgan fingerprint density at radius 3 is 1.08 bits per heavy atom. The lowest BCUT2D eigenvalue weighted by molar-refractivity contribution is -0.143. The number of carbonyl (C=O) groups is 6. The maximum atomic E-state index is 13.0. The summed E-state index contributed by atoms with van der Waals surface area (Å²) in [4.78, 5) is 75.7. The highest BCUT2D eigenvalue weighted by Crippen LogP contribution is 2.41. The van der Waals surface area contributed by atoms with E-state index in [4.69, 9.17) is 28.4 Å². The van der Waals surface area contributed by atoms with Crippen LogP contribution in [0.1, 0.15) is 192 Å². The third kappa shape index (κ3) is 18.2. The van der Waals surface area contributed by atoms with Crippen LogP contribution in [0.25, 0.3) is 12.2 Å². The van der Waals surface area contributed by atoms with Gasteiger partial charge in [-0.05, 0) is 219 Å². The number of carbonyl (C=O) groups excluding carboxylic acids is 6. The number of ether oxygens (including phenoxy) is 6. The molecule has 412 valence electrons. The van der Waals surface area contributed by atoms with Gasteiger partial charge in [0, 0.05) is 33.4 Å². The summed E-state index contributed by atoms with van der Waals surface area (Å²) in [7, 11) is 0. The number of hydrogen-bond donors (Lipinski definition) is 0. The highest BCUT2D eigenvalue weighted by Gasteiger charge is 2.30. The Kier molecular flexibility index (Phi) is 23.2. The molecule has 0 spiro atoms. The molecule has 0 aliphatic carbocycles. The fraction of sp³-hybridized carbons (Fsp3) is 0.469. The van der Waals surface area contributed by atoms with Crippen molar-refractivity contribution >= 4 is 47.6 Å². The summed E-state index contributed by atoms with van der Waals surface area (Å²) in [5.41, 5.74) is 3.35. The zero-order chi connectivity index (χ0) is 57.3. The van der Waals surface area contributed by atoms with E-state index in [1.807, 2.05) is 81.4 Å². The highest BCUT2D eigenvalue weighted by molar-refractivity contribution is 6.08. The molecule has 0 aromatic heterocycles. The Labute approximate surface area is 452 Å². The van der Waals surface area contributed by atoms with Gasteiger partial charge < -0.3 is 28.4 Å². The normalized spacial score (nSPS) is 11.9. The molecule has 4 aromatic carbocycles. The molecule has 76 heavy (non-hydrogen) atoms. The lowest BCUT2D eigenvalue weighted by atomic mass is 9.94. The van der Waals surface area contributed by atoms with Crippen molar-refractivity contribution in [3.05, 3.63) is 117 Å². The van der Waals surface area contributed by atoms with Gasteiger partial charge in [-0.1, -0.05) is 40.5 Å². The van der Waals surface area contributed by atoms with E-state index in [0.717, 1.165) is 52.6 Å². The summed E-state index contributed by atoms with van der Waals surface area (Å²) in [6, 6.07) is 16.9. The zero-order valence-corrected chi connectivity index (χ0v) is 48.6. The fourth-order valence-electron chi connectivity index (χ4n) is 7.14. The molecule has 0 saturated heterocycles. The predicted octanol–water partition coefficient (Wildman–Crippen LogP) is 14.8. The van der Waals surface area contributed by atoms with Crippen molar-refractivity contribution in [2.45, 2.75) is 163 Å². The van der Waals surface area contributed by atoms with Crippen LogP contribution >= 0.6 is 0 Å². The van der Waals surface area contributed by atoms with Crippen LogP contribution in [0.3, 0.4) is 0 Å². The number of hydrogen-bond acceptors (Lipinski definition) is 12.